The fraction of sp³-hybridized carbons (Fsp3) is 0.346. The molecule has 3 aromatic rings. The van der Waals surface area contributed by atoms with Crippen molar-refractivity contribution in [2.24, 2.45) is 11.8 Å². The van der Waals surface area contributed by atoms with Gasteiger partial charge in [0.05, 0.1) is 18.4 Å². The Morgan fingerprint density at radius 1 is 1.16 bits per heavy atom. The molecule has 6 heteroatoms. The number of rotatable bonds is 6. The first-order chi connectivity index (χ1) is 15.5. The van der Waals surface area contributed by atoms with Crippen LogP contribution in [0.3, 0.4) is 0 Å². The number of benzene rings is 2. The van der Waals surface area contributed by atoms with Crippen molar-refractivity contribution in [1.82, 2.24) is 20.0 Å². The number of nitrogens with zero attached hydrogens (tertiary/aromatic N) is 3. The average molecular weight is 431 g/mol. The van der Waals surface area contributed by atoms with Crippen LogP contribution >= 0.6 is 0 Å². The maximum Gasteiger partial charge on any atom is 0.227 e. The number of hydrogen-bond donors (Lipinski definition) is 1. The minimum Gasteiger partial charge on any atom is -0.354 e. The molecule has 1 aromatic heterocycles. The summed E-state index contributed by atoms with van der Waals surface area (Å²) in [6.45, 7) is 6.01. The van der Waals surface area contributed by atoms with Crippen molar-refractivity contribution in [3.63, 3.8) is 0 Å². The second-order valence-electron chi connectivity index (χ2n) is 8.67. The highest BCUT2D eigenvalue weighted by molar-refractivity contribution is 5.83. The molecule has 2 amide bonds. The Bertz CT molecular complexity index is 1060. The average Bonchev–Trinajstić information content (AvgIpc) is 3.23. The Balaban J connectivity index is 1.42. The minimum atomic E-state index is -0.261. The van der Waals surface area contributed by atoms with Crippen LogP contribution in [0.5, 0.6) is 0 Å². The normalized spacial score (nSPS) is 17.5. The molecule has 2 aromatic carbocycles. The van der Waals surface area contributed by atoms with Gasteiger partial charge in [-0.25, -0.2) is 0 Å². The lowest BCUT2D eigenvalue weighted by atomic mass is 9.95. The Kier molecular flexibility index (Phi) is 6.69. The Morgan fingerprint density at radius 3 is 2.69 bits per heavy atom. The molecule has 4 rings (SSSR count). The van der Waals surface area contributed by atoms with Gasteiger partial charge in [-0.3, -0.25) is 14.3 Å². The van der Waals surface area contributed by atoms with E-state index in [9.17, 15) is 9.59 Å². The summed E-state index contributed by atoms with van der Waals surface area (Å²) in [7, 11) is 0. The second kappa shape index (κ2) is 9.81. The van der Waals surface area contributed by atoms with E-state index in [2.05, 4.69) is 65.9 Å². The zero-order chi connectivity index (χ0) is 22.5. The van der Waals surface area contributed by atoms with Crippen LogP contribution in [0, 0.1) is 18.8 Å². The lowest BCUT2D eigenvalue weighted by Gasteiger charge is -2.26. The molecule has 1 saturated heterocycles. The van der Waals surface area contributed by atoms with Gasteiger partial charge in [0.2, 0.25) is 11.8 Å². The SMILES string of the molecule is Cc1cccc(-c2ccc(C[C@@H]3CN(C(=O)[C@H](C)Cn4cccn4)CCNC3=O)cc2)c1. The predicted octanol–water partition coefficient (Wildman–Crippen LogP) is 3.31. The maximum absolute atomic E-state index is 13.1. The van der Waals surface area contributed by atoms with E-state index >= 15 is 0 Å². The summed E-state index contributed by atoms with van der Waals surface area (Å²) in [4.78, 5) is 27.6. The third-order valence-electron chi connectivity index (χ3n) is 6.03. The van der Waals surface area contributed by atoms with Gasteiger partial charge >= 0.3 is 0 Å². The van der Waals surface area contributed by atoms with E-state index in [1.165, 1.54) is 11.1 Å². The molecular formula is C26H30N4O2. The monoisotopic (exact) mass is 430 g/mol. The standard InChI is InChI=1S/C26H30N4O2/c1-19-5-3-6-23(15-19)22-9-7-21(8-10-22)16-24-18-29(14-12-27-25(24)31)26(32)20(2)17-30-13-4-11-28-30/h3-11,13,15,20,24H,12,14,16-18H2,1-2H3,(H,27,31)/t20-,24-/m1/s1. The van der Waals surface area contributed by atoms with Gasteiger partial charge in [0.25, 0.3) is 0 Å². The van der Waals surface area contributed by atoms with Gasteiger partial charge in [-0.05, 0) is 36.1 Å². The fourth-order valence-corrected chi connectivity index (χ4v) is 4.28. The molecule has 0 unspecified atom stereocenters. The largest absolute Gasteiger partial charge is 0.354 e. The van der Waals surface area contributed by atoms with Crippen molar-refractivity contribution in [2.45, 2.75) is 26.8 Å². The number of carbonyl (C=O) groups excluding carboxylic acids is 2. The van der Waals surface area contributed by atoms with Crippen molar-refractivity contribution in [2.75, 3.05) is 19.6 Å². The van der Waals surface area contributed by atoms with Crippen LogP contribution in [-0.2, 0) is 22.6 Å². The number of amides is 2. The van der Waals surface area contributed by atoms with Crippen LogP contribution < -0.4 is 5.32 Å². The fourth-order valence-electron chi connectivity index (χ4n) is 4.28. The van der Waals surface area contributed by atoms with Gasteiger partial charge in [0.15, 0.2) is 0 Å². The van der Waals surface area contributed by atoms with E-state index in [4.69, 9.17) is 0 Å². The summed E-state index contributed by atoms with van der Waals surface area (Å²) in [6.07, 6.45) is 4.18. The zero-order valence-corrected chi connectivity index (χ0v) is 18.7. The number of carbonyl (C=O) groups is 2. The summed E-state index contributed by atoms with van der Waals surface area (Å²) in [5.74, 6) is -0.375. The van der Waals surface area contributed by atoms with Crippen LogP contribution in [0.4, 0.5) is 0 Å². The maximum atomic E-state index is 13.1. The zero-order valence-electron chi connectivity index (χ0n) is 18.7. The van der Waals surface area contributed by atoms with E-state index in [0.29, 0.717) is 32.6 Å². The number of aryl methyl sites for hydroxylation is 1. The summed E-state index contributed by atoms with van der Waals surface area (Å²) in [6, 6.07) is 18.7. The molecule has 2 heterocycles. The van der Waals surface area contributed by atoms with E-state index < -0.39 is 0 Å². The number of hydrogen-bond acceptors (Lipinski definition) is 3. The Morgan fingerprint density at radius 2 is 1.97 bits per heavy atom. The molecule has 0 radical (unpaired) electrons. The van der Waals surface area contributed by atoms with Crippen molar-refractivity contribution >= 4 is 11.8 Å². The molecular weight excluding hydrogens is 400 g/mol. The Hall–Kier alpha value is -3.41. The van der Waals surface area contributed by atoms with Crippen LogP contribution in [0.25, 0.3) is 11.1 Å². The second-order valence-corrected chi connectivity index (χ2v) is 8.67. The van der Waals surface area contributed by atoms with Crippen LogP contribution in [0.1, 0.15) is 18.1 Å². The Labute approximate surface area is 189 Å². The predicted molar refractivity (Wildman–Crippen MR) is 125 cm³/mol. The number of aromatic nitrogens is 2. The molecule has 1 aliphatic heterocycles. The summed E-state index contributed by atoms with van der Waals surface area (Å²) in [5, 5.41) is 7.18. The molecule has 0 aliphatic carbocycles. The quantitative estimate of drug-likeness (QED) is 0.652. The highest BCUT2D eigenvalue weighted by Gasteiger charge is 2.30. The topological polar surface area (TPSA) is 67.2 Å². The molecule has 1 aliphatic rings. The molecule has 0 saturated carbocycles. The van der Waals surface area contributed by atoms with Gasteiger partial charge in [-0.1, -0.05) is 61.0 Å². The third kappa shape index (κ3) is 5.25. The third-order valence-corrected chi connectivity index (χ3v) is 6.03. The van der Waals surface area contributed by atoms with Gasteiger partial charge in [-0.2, -0.15) is 5.10 Å². The van der Waals surface area contributed by atoms with Crippen molar-refractivity contribution in [3.05, 3.63) is 78.1 Å². The van der Waals surface area contributed by atoms with E-state index in [0.717, 1.165) is 11.1 Å². The summed E-state index contributed by atoms with van der Waals surface area (Å²) >= 11 is 0. The molecule has 0 spiro atoms. The molecule has 0 bridgehead atoms. The van der Waals surface area contributed by atoms with Crippen molar-refractivity contribution < 1.29 is 9.59 Å². The first-order valence-corrected chi connectivity index (χ1v) is 11.2. The van der Waals surface area contributed by atoms with Crippen LogP contribution in [0.2, 0.25) is 0 Å². The van der Waals surface area contributed by atoms with E-state index in [1.807, 2.05) is 24.1 Å². The molecule has 2 atom stereocenters. The van der Waals surface area contributed by atoms with E-state index in [-0.39, 0.29) is 23.7 Å². The first-order valence-electron chi connectivity index (χ1n) is 11.2. The molecule has 32 heavy (non-hydrogen) atoms. The van der Waals surface area contributed by atoms with Gasteiger partial charge < -0.3 is 10.2 Å². The van der Waals surface area contributed by atoms with Crippen LogP contribution in [0.15, 0.2) is 67.0 Å². The van der Waals surface area contributed by atoms with Crippen LogP contribution in [-0.4, -0.2) is 46.1 Å². The first kappa shape index (κ1) is 21.8. The van der Waals surface area contributed by atoms with Gasteiger partial charge in [0, 0.05) is 32.0 Å². The summed E-state index contributed by atoms with van der Waals surface area (Å²) < 4.78 is 1.77. The molecule has 166 valence electrons. The summed E-state index contributed by atoms with van der Waals surface area (Å²) in [5.41, 5.74) is 4.67. The lowest BCUT2D eigenvalue weighted by Crippen LogP contribution is -2.41. The molecule has 6 nitrogen and oxygen atoms in total. The van der Waals surface area contributed by atoms with Crippen molar-refractivity contribution in [3.8, 4) is 11.1 Å². The lowest BCUT2D eigenvalue weighted by molar-refractivity contribution is -0.136. The van der Waals surface area contributed by atoms with Gasteiger partial charge in [-0.15, -0.1) is 0 Å². The number of nitrogens with one attached hydrogen (secondary N) is 1. The van der Waals surface area contributed by atoms with Gasteiger partial charge in [0.1, 0.15) is 0 Å². The van der Waals surface area contributed by atoms with Crippen molar-refractivity contribution in [1.29, 1.82) is 0 Å². The smallest absolute Gasteiger partial charge is 0.227 e. The molecule has 1 fully saturated rings. The minimum absolute atomic E-state index is 0.0165. The highest BCUT2D eigenvalue weighted by atomic mass is 16.2. The van der Waals surface area contributed by atoms with E-state index in [1.54, 1.807) is 10.9 Å². The molecule has 1 N–H and O–H groups in total. The highest BCUT2D eigenvalue weighted by Crippen LogP contribution is 2.22.